The van der Waals surface area contributed by atoms with Crippen molar-refractivity contribution in [2.24, 2.45) is 5.92 Å². The van der Waals surface area contributed by atoms with Crippen LogP contribution in [-0.2, 0) is 4.74 Å². The van der Waals surface area contributed by atoms with Crippen molar-refractivity contribution in [2.75, 3.05) is 19.0 Å². The van der Waals surface area contributed by atoms with E-state index in [0.717, 1.165) is 18.9 Å². The van der Waals surface area contributed by atoms with Crippen LogP contribution in [0.15, 0.2) is 6.20 Å². The van der Waals surface area contributed by atoms with Crippen LogP contribution in [0.3, 0.4) is 0 Å². The van der Waals surface area contributed by atoms with Crippen molar-refractivity contribution in [3.63, 3.8) is 0 Å². The summed E-state index contributed by atoms with van der Waals surface area (Å²) in [7, 11) is 1.36. The number of aromatic nitrogens is 2. The molecule has 1 fully saturated rings. The minimum atomic E-state index is -0.402. The maximum Gasteiger partial charge on any atom is 0.343 e. The normalized spacial score (nSPS) is 15.0. The van der Waals surface area contributed by atoms with E-state index < -0.39 is 5.97 Å². The van der Waals surface area contributed by atoms with Crippen molar-refractivity contribution in [1.29, 1.82) is 0 Å². The SMILES string of the molecule is COC(=O)c1cnc(C)nc1NCCC1CCC1. The van der Waals surface area contributed by atoms with Crippen molar-refractivity contribution in [3.8, 4) is 0 Å². The van der Waals surface area contributed by atoms with Gasteiger partial charge in [-0.3, -0.25) is 0 Å². The zero-order valence-corrected chi connectivity index (χ0v) is 10.9. The monoisotopic (exact) mass is 249 g/mol. The molecule has 0 unspecified atom stereocenters. The van der Waals surface area contributed by atoms with E-state index in [1.54, 1.807) is 6.92 Å². The Labute approximate surface area is 107 Å². The largest absolute Gasteiger partial charge is 0.465 e. The molecule has 0 amide bonds. The van der Waals surface area contributed by atoms with Crippen LogP contribution in [0.25, 0.3) is 0 Å². The molecule has 18 heavy (non-hydrogen) atoms. The molecule has 5 heteroatoms. The molecule has 1 aromatic heterocycles. The summed E-state index contributed by atoms with van der Waals surface area (Å²) in [5, 5.41) is 3.22. The van der Waals surface area contributed by atoms with Gasteiger partial charge < -0.3 is 10.1 Å². The van der Waals surface area contributed by atoms with Crippen LogP contribution < -0.4 is 5.32 Å². The molecular formula is C13H19N3O2. The molecule has 5 nitrogen and oxygen atoms in total. The number of esters is 1. The van der Waals surface area contributed by atoms with Crippen LogP contribution in [0.1, 0.15) is 41.9 Å². The zero-order valence-electron chi connectivity index (χ0n) is 10.9. The number of rotatable bonds is 5. The van der Waals surface area contributed by atoms with Gasteiger partial charge in [0.2, 0.25) is 0 Å². The van der Waals surface area contributed by atoms with Crippen LogP contribution in [-0.4, -0.2) is 29.6 Å². The molecular weight excluding hydrogens is 230 g/mol. The van der Waals surface area contributed by atoms with E-state index in [4.69, 9.17) is 4.74 Å². The lowest BCUT2D eigenvalue weighted by Gasteiger charge is -2.25. The molecule has 0 aliphatic heterocycles. The van der Waals surface area contributed by atoms with Crippen molar-refractivity contribution in [1.82, 2.24) is 9.97 Å². The van der Waals surface area contributed by atoms with Gasteiger partial charge in [0, 0.05) is 12.7 Å². The summed E-state index contributed by atoms with van der Waals surface area (Å²) < 4.78 is 4.72. The first kappa shape index (κ1) is 12.8. The summed E-state index contributed by atoms with van der Waals surface area (Å²) in [6.07, 6.45) is 6.65. The van der Waals surface area contributed by atoms with E-state index in [9.17, 15) is 4.79 Å². The summed E-state index contributed by atoms with van der Waals surface area (Å²) >= 11 is 0. The number of hydrogen-bond donors (Lipinski definition) is 1. The Morgan fingerprint density at radius 3 is 2.94 bits per heavy atom. The van der Waals surface area contributed by atoms with Gasteiger partial charge in [-0.2, -0.15) is 0 Å². The highest BCUT2D eigenvalue weighted by Crippen LogP contribution is 2.29. The fraction of sp³-hybridized carbons (Fsp3) is 0.615. The predicted octanol–water partition coefficient (Wildman–Crippen LogP) is 2.17. The Kier molecular flexibility index (Phi) is 4.12. The van der Waals surface area contributed by atoms with Crippen molar-refractivity contribution < 1.29 is 9.53 Å². The molecule has 1 heterocycles. The average molecular weight is 249 g/mol. The van der Waals surface area contributed by atoms with Gasteiger partial charge in [0.15, 0.2) is 0 Å². The van der Waals surface area contributed by atoms with Gasteiger partial charge in [-0.05, 0) is 19.3 Å². The molecule has 0 saturated heterocycles. The quantitative estimate of drug-likeness (QED) is 0.810. The summed E-state index contributed by atoms with van der Waals surface area (Å²) in [4.78, 5) is 19.9. The summed E-state index contributed by atoms with van der Waals surface area (Å²) in [5.41, 5.74) is 0.400. The van der Waals surface area contributed by atoms with Gasteiger partial charge in [-0.1, -0.05) is 19.3 Å². The lowest BCUT2D eigenvalue weighted by Crippen LogP contribution is -2.18. The van der Waals surface area contributed by atoms with E-state index in [-0.39, 0.29) is 0 Å². The van der Waals surface area contributed by atoms with Crippen LogP contribution in [0.4, 0.5) is 5.82 Å². The van der Waals surface area contributed by atoms with E-state index in [1.165, 1.54) is 32.6 Å². The van der Waals surface area contributed by atoms with E-state index in [0.29, 0.717) is 17.2 Å². The minimum absolute atomic E-state index is 0.400. The number of anilines is 1. The van der Waals surface area contributed by atoms with Crippen molar-refractivity contribution >= 4 is 11.8 Å². The molecule has 2 rings (SSSR count). The van der Waals surface area contributed by atoms with Gasteiger partial charge in [0.05, 0.1) is 7.11 Å². The molecule has 1 aromatic rings. The first-order valence-electron chi connectivity index (χ1n) is 6.36. The Hall–Kier alpha value is -1.65. The molecule has 0 bridgehead atoms. The van der Waals surface area contributed by atoms with Gasteiger partial charge in [0.25, 0.3) is 0 Å². The number of nitrogens with zero attached hydrogens (tertiary/aromatic N) is 2. The molecule has 1 N–H and O–H groups in total. The number of hydrogen-bond acceptors (Lipinski definition) is 5. The molecule has 0 aromatic carbocycles. The molecule has 0 spiro atoms. The Morgan fingerprint density at radius 2 is 2.33 bits per heavy atom. The molecule has 0 radical (unpaired) electrons. The first-order valence-corrected chi connectivity index (χ1v) is 6.36. The van der Waals surface area contributed by atoms with Crippen molar-refractivity contribution in [3.05, 3.63) is 17.6 Å². The number of carbonyl (C=O) groups excluding carboxylic acids is 1. The second kappa shape index (κ2) is 5.80. The van der Waals surface area contributed by atoms with Crippen LogP contribution in [0, 0.1) is 12.8 Å². The molecule has 1 aliphatic carbocycles. The number of carbonyl (C=O) groups is 1. The Morgan fingerprint density at radius 1 is 1.56 bits per heavy atom. The van der Waals surface area contributed by atoms with Crippen LogP contribution >= 0.6 is 0 Å². The molecule has 1 aliphatic rings. The van der Waals surface area contributed by atoms with E-state index >= 15 is 0 Å². The highest BCUT2D eigenvalue weighted by molar-refractivity contribution is 5.94. The standard InChI is InChI=1S/C13H19N3O2/c1-9-15-8-11(13(17)18-2)12(16-9)14-7-6-10-4-3-5-10/h8,10H,3-7H2,1-2H3,(H,14,15,16). The van der Waals surface area contributed by atoms with E-state index in [2.05, 4.69) is 15.3 Å². The lowest BCUT2D eigenvalue weighted by molar-refractivity contribution is 0.0601. The second-order valence-electron chi connectivity index (χ2n) is 4.68. The average Bonchev–Trinajstić information content (AvgIpc) is 2.31. The number of aryl methyl sites for hydroxylation is 1. The Balaban J connectivity index is 1.99. The van der Waals surface area contributed by atoms with Gasteiger partial charge >= 0.3 is 5.97 Å². The molecule has 0 atom stereocenters. The second-order valence-corrected chi connectivity index (χ2v) is 4.68. The van der Waals surface area contributed by atoms with Gasteiger partial charge in [0.1, 0.15) is 17.2 Å². The third-order valence-electron chi connectivity index (χ3n) is 3.38. The van der Waals surface area contributed by atoms with Crippen LogP contribution in [0.2, 0.25) is 0 Å². The fourth-order valence-corrected chi connectivity index (χ4v) is 2.04. The summed E-state index contributed by atoms with van der Waals surface area (Å²) in [6, 6.07) is 0. The Bertz CT molecular complexity index is 430. The molecule has 98 valence electrons. The minimum Gasteiger partial charge on any atom is -0.465 e. The number of methoxy groups -OCH3 is 1. The van der Waals surface area contributed by atoms with E-state index in [1.807, 2.05) is 0 Å². The maximum absolute atomic E-state index is 11.6. The highest BCUT2D eigenvalue weighted by atomic mass is 16.5. The number of nitrogens with one attached hydrogen (secondary N) is 1. The fourth-order valence-electron chi connectivity index (χ4n) is 2.04. The highest BCUT2D eigenvalue weighted by Gasteiger charge is 2.18. The van der Waals surface area contributed by atoms with Crippen molar-refractivity contribution in [2.45, 2.75) is 32.6 Å². The summed E-state index contributed by atoms with van der Waals surface area (Å²) in [5.74, 6) is 1.66. The van der Waals surface area contributed by atoms with Gasteiger partial charge in [-0.15, -0.1) is 0 Å². The lowest BCUT2D eigenvalue weighted by atomic mass is 9.83. The third-order valence-corrected chi connectivity index (χ3v) is 3.38. The van der Waals surface area contributed by atoms with Gasteiger partial charge in [-0.25, -0.2) is 14.8 Å². The summed E-state index contributed by atoms with van der Waals surface area (Å²) in [6.45, 7) is 2.64. The maximum atomic E-state index is 11.6. The third kappa shape index (κ3) is 2.97. The smallest absolute Gasteiger partial charge is 0.343 e. The molecule has 1 saturated carbocycles. The predicted molar refractivity (Wildman–Crippen MR) is 68.6 cm³/mol. The topological polar surface area (TPSA) is 64.1 Å². The number of ether oxygens (including phenoxy) is 1. The first-order chi connectivity index (χ1) is 8.70. The zero-order chi connectivity index (χ0) is 13.0. The van der Waals surface area contributed by atoms with Crippen LogP contribution in [0.5, 0.6) is 0 Å².